The summed E-state index contributed by atoms with van der Waals surface area (Å²) in [5.74, 6) is 0.0809. The van der Waals surface area contributed by atoms with Crippen molar-refractivity contribution in [3.05, 3.63) is 70.0 Å². The summed E-state index contributed by atoms with van der Waals surface area (Å²) < 4.78 is 13.0. The number of pyridine rings is 1. The molecule has 0 aliphatic rings. The van der Waals surface area contributed by atoms with Crippen molar-refractivity contribution in [3.63, 3.8) is 0 Å². The van der Waals surface area contributed by atoms with Crippen molar-refractivity contribution < 1.29 is 14.3 Å². The molecule has 5 nitrogen and oxygen atoms in total. The fraction of sp³-hybridized carbons (Fsp3) is 0.111. The summed E-state index contributed by atoms with van der Waals surface area (Å²) in [7, 11) is 1.53. The molecule has 0 fully saturated rings. The van der Waals surface area contributed by atoms with Gasteiger partial charge in [0.05, 0.1) is 23.8 Å². The molecule has 0 atom stereocenters. The van der Waals surface area contributed by atoms with E-state index in [1.165, 1.54) is 7.11 Å². The van der Waals surface area contributed by atoms with E-state index in [1.54, 1.807) is 24.4 Å². The van der Waals surface area contributed by atoms with Gasteiger partial charge in [-0.3, -0.25) is 0 Å². The summed E-state index contributed by atoms with van der Waals surface area (Å²) in [6.45, 7) is 0.0209. The van der Waals surface area contributed by atoms with Gasteiger partial charge < -0.3 is 13.9 Å². The van der Waals surface area contributed by atoms with Crippen LogP contribution in [0.2, 0.25) is 0 Å². The van der Waals surface area contributed by atoms with Crippen LogP contribution in [0.3, 0.4) is 0 Å². The fourth-order valence-corrected chi connectivity index (χ4v) is 2.83. The second-order valence-electron chi connectivity index (χ2n) is 5.06. The predicted octanol–water partition coefficient (Wildman–Crippen LogP) is 3.94. The van der Waals surface area contributed by atoms with Crippen molar-refractivity contribution in [3.8, 4) is 11.8 Å². The normalized spacial score (nSPS) is 10.4. The monoisotopic (exact) mass is 384 g/mol. The Morgan fingerprint density at radius 3 is 2.92 bits per heavy atom. The fourth-order valence-electron chi connectivity index (χ4n) is 2.42. The van der Waals surface area contributed by atoms with Crippen molar-refractivity contribution in [1.29, 1.82) is 5.26 Å². The third kappa shape index (κ3) is 2.99. The zero-order chi connectivity index (χ0) is 17.1. The third-order valence-electron chi connectivity index (χ3n) is 3.63. The number of hydrogen-bond donors (Lipinski definition) is 0. The summed E-state index contributed by atoms with van der Waals surface area (Å²) in [5, 5.41) is 9.37. The molecule has 120 valence electrons. The molecule has 3 rings (SSSR count). The van der Waals surface area contributed by atoms with Gasteiger partial charge in [0.15, 0.2) is 0 Å². The number of nitrogens with zero attached hydrogens (tertiary/aromatic N) is 2. The molecule has 24 heavy (non-hydrogen) atoms. The maximum Gasteiger partial charge on any atom is 0.339 e. The smallest absolute Gasteiger partial charge is 0.339 e. The Morgan fingerprint density at radius 1 is 1.33 bits per heavy atom. The molecule has 3 aromatic rings. The molecule has 1 aromatic carbocycles. The second-order valence-corrected chi connectivity index (χ2v) is 5.91. The molecule has 0 saturated heterocycles. The van der Waals surface area contributed by atoms with E-state index in [0.717, 1.165) is 5.52 Å². The van der Waals surface area contributed by atoms with Gasteiger partial charge in [-0.25, -0.2) is 4.79 Å². The maximum absolute atomic E-state index is 12.3. The lowest BCUT2D eigenvalue weighted by Gasteiger charge is -2.07. The molecule has 2 heterocycles. The van der Waals surface area contributed by atoms with Crippen LogP contribution in [0.25, 0.3) is 5.52 Å². The first-order valence-electron chi connectivity index (χ1n) is 7.13. The van der Waals surface area contributed by atoms with E-state index in [-0.39, 0.29) is 6.61 Å². The number of esters is 1. The zero-order valence-corrected chi connectivity index (χ0v) is 14.4. The van der Waals surface area contributed by atoms with Crippen molar-refractivity contribution in [1.82, 2.24) is 4.40 Å². The van der Waals surface area contributed by atoms with Gasteiger partial charge in [0.2, 0.25) is 0 Å². The van der Waals surface area contributed by atoms with E-state index in [2.05, 4.69) is 22.0 Å². The predicted molar refractivity (Wildman–Crippen MR) is 91.9 cm³/mol. The molecular formula is C18H13BrN2O3. The topological polar surface area (TPSA) is 63.7 Å². The minimum atomic E-state index is -0.486. The number of halogens is 1. The molecule has 6 heteroatoms. The Bertz CT molecular complexity index is 957. The Balaban J connectivity index is 1.84. The molecule has 0 N–H and O–H groups in total. The lowest BCUT2D eigenvalue weighted by molar-refractivity contribution is 0.0471. The molecule has 0 saturated carbocycles. The molecule has 0 aliphatic carbocycles. The van der Waals surface area contributed by atoms with Gasteiger partial charge in [-0.1, -0.05) is 6.07 Å². The van der Waals surface area contributed by atoms with Crippen LogP contribution in [-0.2, 0) is 11.3 Å². The quantitative estimate of drug-likeness (QED) is 0.639. The second kappa shape index (κ2) is 6.77. The number of fused-ring (bicyclic) bond motifs is 1. The number of hydrogen-bond acceptors (Lipinski definition) is 4. The average molecular weight is 385 g/mol. The van der Waals surface area contributed by atoms with Crippen molar-refractivity contribution >= 4 is 27.4 Å². The summed E-state index contributed by atoms with van der Waals surface area (Å²) in [4.78, 5) is 12.3. The summed E-state index contributed by atoms with van der Waals surface area (Å²) >= 11 is 3.33. The van der Waals surface area contributed by atoms with Crippen LogP contribution in [0, 0.1) is 11.3 Å². The molecule has 0 radical (unpaired) electrons. The number of benzene rings is 1. The van der Waals surface area contributed by atoms with Crippen LogP contribution in [0.4, 0.5) is 0 Å². The van der Waals surface area contributed by atoms with Gasteiger partial charge in [0.25, 0.3) is 0 Å². The summed E-state index contributed by atoms with van der Waals surface area (Å²) in [6.07, 6.45) is 3.64. The van der Waals surface area contributed by atoms with Crippen LogP contribution >= 0.6 is 15.9 Å². The number of methoxy groups -OCH3 is 1. The minimum absolute atomic E-state index is 0.0209. The van der Waals surface area contributed by atoms with E-state index in [1.807, 2.05) is 28.8 Å². The van der Waals surface area contributed by atoms with Gasteiger partial charge in [0, 0.05) is 22.4 Å². The first-order valence-corrected chi connectivity index (χ1v) is 7.92. The Hall–Kier alpha value is -2.78. The van der Waals surface area contributed by atoms with E-state index in [0.29, 0.717) is 26.9 Å². The summed E-state index contributed by atoms with van der Waals surface area (Å²) in [5.41, 5.74) is 2.33. The first kappa shape index (κ1) is 16.1. The number of carbonyl (C=O) groups excluding carboxylic acids is 1. The maximum atomic E-state index is 12.3. The van der Waals surface area contributed by atoms with E-state index < -0.39 is 5.97 Å². The molecule has 2 aromatic heterocycles. The van der Waals surface area contributed by atoms with Gasteiger partial charge >= 0.3 is 5.97 Å². The van der Waals surface area contributed by atoms with Crippen molar-refractivity contribution in [2.75, 3.05) is 7.11 Å². The zero-order valence-electron chi connectivity index (χ0n) is 12.8. The van der Waals surface area contributed by atoms with Crippen LogP contribution in [-0.4, -0.2) is 17.5 Å². The molecule has 0 bridgehead atoms. The Morgan fingerprint density at radius 2 is 2.17 bits per heavy atom. The van der Waals surface area contributed by atoms with E-state index in [4.69, 9.17) is 9.47 Å². The van der Waals surface area contributed by atoms with Crippen molar-refractivity contribution in [2.24, 2.45) is 0 Å². The summed E-state index contributed by atoms with van der Waals surface area (Å²) in [6, 6.07) is 12.8. The first-order chi connectivity index (χ1) is 11.6. The molecular weight excluding hydrogens is 372 g/mol. The number of carbonyl (C=O) groups is 1. The van der Waals surface area contributed by atoms with Crippen LogP contribution < -0.4 is 4.74 Å². The molecule has 0 unspecified atom stereocenters. The van der Waals surface area contributed by atoms with Crippen LogP contribution in [0.15, 0.2) is 53.3 Å². The number of nitriles is 1. The van der Waals surface area contributed by atoms with Gasteiger partial charge in [0.1, 0.15) is 18.4 Å². The minimum Gasteiger partial charge on any atom is -0.497 e. The van der Waals surface area contributed by atoms with Crippen molar-refractivity contribution in [2.45, 2.75) is 6.61 Å². The van der Waals surface area contributed by atoms with Crippen LogP contribution in [0.1, 0.15) is 21.5 Å². The average Bonchev–Trinajstić information content (AvgIpc) is 2.97. The Kier molecular flexibility index (Phi) is 4.54. The highest BCUT2D eigenvalue weighted by Crippen LogP contribution is 2.24. The highest BCUT2D eigenvalue weighted by Gasteiger charge is 2.16. The standard InChI is InChI=1S/C18H13BrN2O3/c1-23-13-5-6-16(19)14(8-13)18(22)24-11-12-10-21-7-3-2-4-17(21)15(12)9-20/h2-8,10H,11H2,1H3. The number of aromatic nitrogens is 1. The highest BCUT2D eigenvalue weighted by atomic mass is 79.9. The van der Waals surface area contributed by atoms with E-state index >= 15 is 0 Å². The molecule has 0 amide bonds. The van der Waals surface area contributed by atoms with Gasteiger partial charge in [-0.2, -0.15) is 5.26 Å². The lowest BCUT2D eigenvalue weighted by atomic mass is 10.2. The molecule has 0 spiro atoms. The Labute approximate surface area is 147 Å². The largest absolute Gasteiger partial charge is 0.497 e. The van der Waals surface area contributed by atoms with Crippen LogP contribution in [0.5, 0.6) is 5.75 Å². The number of rotatable bonds is 4. The third-order valence-corrected chi connectivity index (χ3v) is 4.32. The van der Waals surface area contributed by atoms with Gasteiger partial charge in [-0.05, 0) is 46.3 Å². The van der Waals surface area contributed by atoms with E-state index in [9.17, 15) is 10.1 Å². The number of ether oxygens (including phenoxy) is 2. The highest BCUT2D eigenvalue weighted by molar-refractivity contribution is 9.10. The molecule has 0 aliphatic heterocycles. The SMILES string of the molecule is COc1ccc(Br)c(C(=O)OCc2cn3ccccc3c2C#N)c1. The lowest BCUT2D eigenvalue weighted by Crippen LogP contribution is -2.06. The van der Waals surface area contributed by atoms with Gasteiger partial charge in [-0.15, -0.1) is 0 Å².